The Morgan fingerprint density at radius 1 is 1.14 bits per heavy atom. The van der Waals surface area contributed by atoms with E-state index in [0.29, 0.717) is 5.56 Å². The number of hydrogen-bond donors (Lipinski definition) is 2. The number of benzene rings is 2. The molecule has 2 aromatic carbocycles. The highest BCUT2D eigenvalue weighted by molar-refractivity contribution is 7.92. The first kappa shape index (κ1) is 16.3. The topological polar surface area (TPSA) is 89.3 Å². The predicted octanol–water partition coefficient (Wildman–Crippen LogP) is 2.86. The van der Waals surface area contributed by atoms with E-state index in [2.05, 4.69) is 4.72 Å². The number of rotatable bonds is 4. The summed E-state index contributed by atoms with van der Waals surface area (Å²) in [5, 5.41) is 0.179. The maximum atomic E-state index is 12.5. The van der Waals surface area contributed by atoms with Crippen molar-refractivity contribution in [1.29, 1.82) is 0 Å². The number of carbonyl (C=O) groups is 1. The monoisotopic (exact) mass is 338 g/mol. The molecule has 2 rings (SSSR count). The Kier molecular flexibility index (Phi) is 4.44. The number of carbonyl (C=O) groups excluding carboxylic acids is 1. The molecule has 116 valence electrons. The molecule has 0 atom stereocenters. The summed E-state index contributed by atoms with van der Waals surface area (Å²) in [6, 6.07) is 9.17. The molecular weight excluding hydrogens is 324 g/mol. The van der Waals surface area contributed by atoms with Crippen molar-refractivity contribution in [2.75, 3.05) is 4.72 Å². The van der Waals surface area contributed by atoms with Crippen LogP contribution in [0.3, 0.4) is 0 Å². The predicted molar refractivity (Wildman–Crippen MR) is 86.7 cm³/mol. The molecule has 0 bridgehead atoms. The highest BCUT2D eigenvalue weighted by Crippen LogP contribution is 2.27. The SMILES string of the molecule is Cc1ccc(S(=O)(=O)Nc2cc(C(N)=O)ccc2Cl)c(C)c1. The fourth-order valence-electron chi connectivity index (χ4n) is 2.06. The molecule has 0 fully saturated rings. The molecule has 0 saturated heterocycles. The maximum absolute atomic E-state index is 12.5. The van der Waals surface area contributed by atoms with Gasteiger partial charge in [0.15, 0.2) is 0 Å². The van der Waals surface area contributed by atoms with Crippen molar-refractivity contribution in [2.45, 2.75) is 18.7 Å². The van der Waals surface area contributed by atoms with Crippen LogP contribution < -0.4 is 10.5 Å². The number of amides is 1. The van der Waals surface area contributed by atoms with E-state index in [0.717, 1.165) is 5.56 Å². The quantitative estimate of drug-likeness (QED) is 0.898. The van der Waals surface area contributed by atoms with E-state index in [9.17, 15) is 13.2 Å². The van der Waals surface area contributed by atoms with Crippen LogP contribution in [-0.4, -0.2) is 14.3 Å². The molecule has 22 heavy (non-hydrogen) atoms. The molecule has 0 spiro atoms. The summed E-state index contributed by atoms with van der Waals surface area (Å²) in [5.74, 6) is -0.663. The summed E-state index contributed by atoms with van der Waals surface area (Å²) in [7, 11) is -3.81. The summed E-state index contributed by atoms with van der Waals surface area (Å²) in [4.78, 5) is 11.3. The van der Waals surface area contributed by atoms with Crippen molar-refractivity contribution in [2.24, 2.45) is 5.73 Å². The third-order valence-electron chi connectivity index (χ3n) is 3.12. The number of sulfonamides is 1. The summed E-state index contributed by atoms with van der Waals surface area (Å²) in [6.45, 7) is 3.59. The van der Waals surface area contributed by atoms with Gasteiger partial charge in [-0.2, -0.15) is 0 Å². The highest BCUT2D eigenvalue weighted by atomic mass is 35.5. The van der Waals surface area contributed by atoms with E-state index in [1.807, 2.05) is 6.92 Å². The van der Waals surface area contributed by atoms with Crippen LogP contribution in [0.1, 0.15) is 21.5 Å². The van der Waals surface area contributed by atoms with Gasteiger partial charge >= 0.3 is 0 Å². The Labute approximate surface area is 134 Å². The summed E-state index contributed by atoms with van der Waals surface area (Å²) >= 11 is 5.98. The molecule has 0 aliphatic carbocycles. The van der Waals surface area contributed by atoms with Gasteiger partial charge in [0, 0.05) is 5.56 Å². The Morgan fingerprint density at radius 2 is 1.82 bits per heavy atom. The Hall–Kier alpha value is -2.05. The van der Waals surface area contributed by atoms with Gasteiger partial charge in [0.1, 0.15) is 0 Å². The lowest BCUT2D eigenvalue weighted by molar-refractivity contribution is 0.100. The largest absolute Gasteiger partial charge is 0.366 e. The normalized spacial score (nSPS) is 11.2. The first-order valence-electron chi connectivity index (χ1n) is 6.40. The van der Waals surface area contributed by atoms with Gasteiger partial charge in [-0.3, -0.25) is 9.52 Å². The van der Waals surface area contributed by atoms with E-state index in [1.54, 1.807) is 19.1 Å². The molecule has 1 amide bonds. The Morgan fingerprint density at radius 3 is 2.41 bits per heavy atom. The second kappa shape index (κ2) is 5.98. The zero-order valence-electron chi connectivity index (χ0n) is 12.1. The minimum absolute atomic E-state index is 0.109. The third kappa shape index (κ3) is 3.40. The maximum Gasteiger partial charge on any atom is 0.262 e. The second-order valence-corrected chi connectivity index (χ2v) is 6.99. The van der Waals surface area contributed by atoms with E-state index >= 15 is 0 Å². The van der Waals surface area contributed by atoms with Crippen LogP contribution in [0.2, 0.25) is 5.02 Å². The van der Waals surface area contributed by atoms with E-state index in [4.69, 9.17) is 17.3 Å². The van der Waals surface area contributed by atoms with Gasteiger partial charge in [-0.05, 0) is 43.7 Å². The van der Waals surface area contributed by atoms with Crippen LogP contribution in [0.25, 0.3) is 0 Å². The van der Waals surface area contributed by atoms with Crippen molar-refractivity contribution in [1.82, 2.24) is 0 Å². The number of nitrogens with one attached hydrogen (secondary N) is 1. The van der Waals surface area contributed by atoms with Crippen LogP contribution in [0.15, 0.2) is 41.3 Å². The van der Waals surface area contributed by atoms with Gasteiger partial charge < -0.3 is 5.73 Å². The summed E-state index contributed by atoms with van der Waals surface area (Å²) in [5.41, 5.74) is 7.05. The summed E-state index contributed by atoms with van der Waals surface area (Å²) in [6.07, 6.45) is 0. The fourth-order valence-corrected chi connectivity index (χ4v) is 3.58. The van der Waals surface area contributed by atoms with Gasteiger partial charge in [0.25, 0.3) is 10.0 Å². The molecule has 0 aromatic heterocycles. The van der Waals surface area contributed by atoms with Crippen LogP contribution >= 0.6 is 11.6 Å². The zero-order chi connectivity index (χ0) is 16.5. The van der Waals surface area contributed by atoms with Gasteiger partial charge in [-0.15, -0.1) is 0 Å². The Balaban J connectivity index is 2.45. The van der Waals surface area contributed by atoms with Crippen LogP contribution in [-0.2, 0) is 10.0 Å². The van der Waals surface area contributed by atoms with Crippen molar-refractivity contribution in [3.63, 3.8) is 0 Å². The average molecular weight is 339 g/mol. The lowest BCUT2D eigenvalue weighted by atomic mass is 10.2. The highest BCUT2D eigenvalue weighted by Gasteiger charge is 2.19. The standard InChI is InChI=1S/C15H15ClN2O3S/c1-9-3-6-14(10(2)7-9)22(20,21)18-13-8-11(15(17)19)4-5-12(13)16/h3-8,18H,1-2H3,(H2,17,19). The third-order valence-corrected chi connectivity index (χ3v) is 4.97. The van der Waals surface area contributed by atoms with Crippen LogP contribution in [0.5, 0.6) is 0 Å². The number of nitrogens with two attached hydrogens (primary N) is 1. The van der Waals surface area contributed by atoms with Crippen molar-refractivity contribution < 1.29 is 13.2 Å². The zero-order valence-corrected chi connectivity index (χ0v) is 13.6. The average Bonchev–Trinajstić information content (AvgIpc) is 2.40. The molecule has 0 aliphatic rings. The molecule has 0 aliphatic heterocycles. The molecule has 7 heteroatoms. The van der Waals surface area contributed by atoms with Crippen molar-refractivity contribution in [3.8, 4) is 0 Å². The lowest BCUT2D eigenvalue weighted by Gasteiger charge is -2.12. The van der Waals surface area contributed by atoms with Gasteiger partial charge in [0.2, 0.25) is 5.91 Å². The van der Waals surface area contributed by atoms with Gasteiger partial charge in [0.05, 0.1) is 15.6 Å². The first-order chi connectivity index (χ1) is 10.2. The number of aryl methyl sites for hydroxylation is 2. The van der Waals surface area contributed by atoms with E-state index in [1.165, 1.54) is 24.3 Å². The molecule has 0 heterocycles. The molecule has 2 aromatic rings. The number of halogens is 1. The number of primary amides is 1. The van der Waals surface area contributed by atoms with Crippen molar-refractivity contribution in [3.05, 3.63) is 58.1 Å². The minimum Gasteiger partial charge on any atom is -0.366 e. The Bertz CT molecular complexity index is 848. The molecule has 0 unspecified atom stereocenters. The molecule has 0 radical (unpaired) electrons. The van der Waals surface area contributed by atoms with E-state index < -0.39 is 15.9 Å². The van der Waals surface area contributed by atoms with Crippen molar-refractivity contribution >= 4 is 33.2 Å². The fraction of sp³-hybridized carbons (Fsp3) is 0.133. The van der Waals surface area contributed by atoms with E-state index in [-0.39, 0.29) is 21.2 Å². The molecule has 0 saturated carbocycles. The van der Waals surface area contributed by atoms with Crippen LogP contribution in [0.4, 0.5) is 5.69 Å². The second-order valence-electron chi connectivity index (χ2n) is 4.93. The number of anilines is 1. The smallest absolute Gasteiger partial charge is 0.262 e. The first-order valence-corrected chi connectivity index (χ1v) is 8.26. The molecular formula is C15H15ClN2O3S. The van der Waals surface area contributed by atoms with Crippen LogP contribution in [0, 0.1) is 13.8 Å². The molecule has 5 nitrogen and oxygen atoms in total. The van der Waals surface area contributed by atoms with Gasteiger partial charge in [-0.25, -0.2) is 8.42 Å². The van der Waals surface area contributed by atoms with Gasteiger partial charge in [-0.1, -0.05) is 29.3 Å². The minimum atomic E-state index is -3.81. The molecule has 3 N–H and O–H groups in total. The summed E-state index contributed by atoms with van der Waals surface area (Å²) < 4.78 is 27.4. The lowest BCUT2D eigenvalue weighted by Crippen LogP contribution is -2.16. The number of hydrogen-bond acceptors (Lipinski definition) is 3.